The largest absolute Gasteiger partial charge is 0.510 e. The quantitative estimate of drug-likeness (QED) is 0.298. The zero-order chi connectivity index (χ0) is 17.8. The fourth-order valence-electron chi connectivity index (χ4n) is 2.28. The molecule has 1 aromatic heterocycles. The first-order chi connectivity index (χ1) is 12.1. The van der Waals surface area contributed by atoms with E-state index >= 15 is 0 Å². The third kappa shape index (κ3) is 3.97. The Morgan fingerprint density at radius 1 is 1.24 bits per heavy atom. The molecule has 2 aromatic carbocycles. The summed E-state index contributed by atoms with van der Waals surface area (Å²) >= 11 is 7.24. The number of imidazole rings is 1. The molecule has 5 nitrogen and oxygen atoms in total. The van der Waals surface area contributed by atoms with Gasteiger partial charge in [-0.15, -0.1) is 11.8 Å². The Bertz CT molecular complexity index is 902. The van der Waals surface area contributed by atoms with E-state index in [4.69, 9.17) is 16.3 Å². The number of aromatic nitrogens is 2. The maximum atomic E-state index is 12.2. The summed E-state index contributed by atoms with van der Waals surface area (Å²) in [6.45, 7) is 0. The van der Waals surface area contributed by atoms with E-state index in [1.54, 1.807) is 12.1 Å². The first-order valence-electron chi connectivity index (χ1n) is 7.42. The lowest BCUT2D eigenvalue weighted by atomic mass is 10.2. The zero-order valence-corrected chi connectivity index (χ0v) is 14.9. The van der Waals surface area contributed by atoms with Crippen molar-refractivity contribution >= 4 is 45.9 Å². The molecule has 1 heterocycles. The first kappa shape index (κ1) is 17.4. The van der Waals surface area contributed by atoms with Crippen molar-refractivity contribution in [2.24, 2.45) is 0 Å². The number of aliphatic hydroxyl groups is 1. The third-order valence-corrected chi connectivity index (χ3v) is 4.77. The van der Waals surface area contributed by atoms with Crippen LogP contribution in [0.1, 0.15) is 5.82 Å². The molecule has 0 saturated heterocycles. The number of nitrogens with zero attached hydrogens (tertiary/aromatic N) is 1. The molecule has 0 fully saturated rings. The van der Waals surface area contributed by atoms with Gasteiger partial charge in [0.2, 0.25) is 0 Å². The SMILES string of the molecule is COC(=O)/C(=C(/O)CSc1ccc(Cl)cc1)c1nc2ccccc2[nH]1. The average molecular weight is 375 g/mol. The highest BCUT2D eigenvalue weighted by molar-refractivity contribution is 7.99. The number of hydrogen-bond donors (Lipinski definition) is 2. The molecule has 0 aliphatic rings. The van der Waals surface area contributed by atoms with Crippen LogP contribution in [0.25, 0.3) is 16.6 Å². The van der Waals surface area contributed by atoms with Crippen molar-refractivity contribution in [2.75, 3.05) is 12.9 Å². The van der Waals surface area contributed by atoms with Crippen LogP contribution in [-0.2, 0) is 9.53 Å². The molecule has 3 aromatic rings. The first-order valence-corrected chi connectivity index (χ1v) is 8.78. The Balaban J connectivity index is 1.91. The van der Waals surface area contributed by atoms with Crippen LogP contribution in [0.4, 0.5) is 0 Å². The van der Waals surface area contributed by atoms with Gasteiger partial charge in [-0.2, -0.15) is 0 Å². The van der Waals surface area contributed by atoms with Crippen LogP contribution in [0, 0.1) is 0 Å². The lowest BCUT2D eigenvalue weighted by Crippen LogP contribution is -2.09. The Morgan fingerprint density at radius 2 is 1.96 bits per heavy atom. The van der Waals surface area contributed by atoms with Crippen LogP contribution in [-0.4, -0.2) is 33.9 Å². The minimum Gasteiger partial charge on any atom is -0.510 e. The summed E-state index contributed by atoms with van der Waals surface area (Å²) < 4.78 is 4.81. The van der Waals surface area contributed by atoms with Gasteiger partial charge < -0.3 is 14.8 Å². The normalized spacial score (nSPS) is 12.1. The van der Waals surface area contributed by atoms with Gasteiger partial charge in [0.1, 0.15) is 17.2 Å². The number of benzene rings is 2. The van der Waals surface area contributed by atoms with Crippen molar-refractivity contribution < 1.29 is 14.6 Å². The number of nitrogens with one attached hydrogen (secondary N) is 1. The summed E-state index contributed by atoms with van der Waals surface area (Å²) in [4.78, 5) is 20.5. The molecule has 0 spiro atoms. The maximum absolute atomic E-state index is 12.2. The molecule has 0 atom stereocenters. The highest BCUT2D eigenvalue weighted by atomic mass is 35.5. The summed E-state index contributed by atoms with van der Waals surface area (Å²) in [5.41, 5.74) is 1.51. The predicted octanol–water partition coefficient (Wildman–Crippen LogP) is 4.45. The van der Waals surface area contributed by atoms with Crippen molar-refractivity contribution in [3.05, 3.63) is 65.1 Å². The van der Waals surface area contributed by atoms with E-state index in [2.05, 4.69) is 9.97 Å². The molecule has 0 saturated carbocycles. The summed E-state index contributed by atoms with van der Waals surface area (Å²) in [6.07, 6.45) is 0. The number of aliphatic hydroxyl groups excluding tert-OH is 1. The number of esters is 1. The maximum Gasteiger partial charge on any atom is 0.345 e. The third-order valence-electron chi connectivity index (χ3n) is 3.49. The molecule has 0 amide bonds. The summed E-state index contributed by atoms with van der Waals surface area (Å²) in [5.74, 6) is -0.273. The van der Waals surface area contributed by atoms with Gasteiger partial charge in [-0.3, -0.25) is 0 Å². The van der Waals surface area contributed by atoms with Gasteiger partial charge in [0.05, 0.1) is 23.9 Å². The lowest BCUT2D eigenvalue weighted by molar-refractivity contribution is -0.133. The van der Waals surface area contributed by atoms with Crippen molar-refractivity contribution in [3.8, 4) is 0 Å². The molecule has 25 heavy (non-hydrogen) atoms. The van der Waals surface area contributed by atoms with Crippen LogP contribution >= 0.6 is 23.4 Å². The van der Waals surface area contributed by atoms with Gasteiger partial charge in [0.25, 0.3) is 0 Å². The summed E-state index contributed by atoms with van der Waals surface area (Å²) in [5, 5.41) is 11.1. The zero-order valence-electron chi connectivity index (χ0n) is 13.3. The number of halogens is 1. The molecule has 3 rings (SSSR count). The van der Waals surface area contributed by atoms with Crippen molar-refractivity contribution in [1.29, 1.82) is 0 Å². The fraction of sp³-hybridized carbons (Fsp3) is 0.111. The number of H-pyrrole nitrogens is 1. The molecule has 2 N–H and O–H groups in total. The number of carbonyl (C=O) groups is 1. The van der Waals surface area contributed by atoms with E-state index in [0.717, 1.165) is 10.4 Å². The van der Waals surface area contributed by atoms with Crippen LogP contribution < -0.4 is 0 Å². The van der Waals surface area contributed by atoms with E-state index in [9.17, 15) is 9.90 Å². The number of carbonyl (C=O) groups excluding carboxylic acids is 1. The van der Waals surface area contributed by atoms with E-state index in [1.807, 2.05) is 36.4 Å². The molecule has 7 heteroatoms. The molecule has 0 unspecified atom stereocenters. The monoisotopic (exact) mass is 374 g/mol. The smallest absolute Gasteiger partial charge is 0.345 e. The number of rotatable bonds is 5. The van der Waals surface area contributed by atoms with E-state index in [0.29, 0.717) is 10.5 Å². The Hall–Kier alpha value is -2.44. The Morgan fingerprint density at radius 3 is 2.64 bits per heavy atom. The average Bonchev–Trinajstić information content (AvgIpc) is 3.04. The minimum absolute atomic E-state index is 0.0279. The van der Waals surface area contributed by atoms with Gasteiger partial charge in [-0.1, -0.05) is 23.7 Å². The van der Waals surface area contributed by atoms with E-state index in [-0.39, 0.29) is 22.9 Å². The number of hydrogen-bond acceptors (Lipinski definition) is 5. The van der Waals surface area contributed by atoms with Gasteiger partial charge >= 0.3 is 5.97 Å². The summed E-state index contributed by atoms with van der Waals surface area (Å²) in [6, 6.07) is 14.6. The molecule has 0 radical (unpaired) electrons. The lowest BCUT2D eigenvalue weighted by Gasteiger charge is -2.07. The predicted molar refractivity (Wildman–Crippen MR) is 99.8 cm³/mol. The number of thioether (sulfide) groups is 1. The second-order valence-corrected chi connectivity index (χ2v) is 6.64. The molecular formula is C18H15ClN2O3S. The minimum atomic E-state index is -0.645. The summed E-state index contributed by atoms with van der Waals surface area (Å²) in [7, 11) is 1.27. The van der Waals surface area contributed by atoms with Crippen LogP contribution in [0.15, 0.2) is 59.2 Å². The van der Waals surface area contributed by atoms with Gasteiger partial charge in [0.15, 0.2) is 0 Å². The van der Waals surface area contributed by atoms with E-state index in [1.165, 1.54) is 18.9 Å². The number of ether oxygens (including phenoxy) is 1. The molecular weight excluding hydrogens is 360 g/mol. The standard InChI is InChI=1S/C18H15ClN2O3S/c1-24-18(23)16(17-20-13-4-2-3-5-14(13)21-17)15(22)10-25-12-8-6-11(19)7-9-12/h2-9,22H,10H2,1H3,(H,20,21)/b16-15+. The van der Waals surface area contributed by atoms with Crippen LogP contribution in [0.3, 0.4) is 0 Å². The second-order valence-electron chi connectivity index (χ2n) is 5.16. The molecule has 0 aliphatic carbocycles. The van der Waals surface area contributed by atoms with Crippen molar-refractivity contribution in [1.82, 2.24) is 9.97 Å². The van der Waals surface area contributed by atoms with Crippen molar-refractivity contribution in [2.45, 2.75) is 4.90 Å². The number of para-hydroxylation sites is 2. The number of aromatic amines is 1. The highest BCUT2D eigenvalue weighted by Crippen LogP contribution is 2.26. The molecule has 0 bridgehead atoms. The van der Waals surface area contributed by atoms with Gasteiger partial charge in [0, 0.05) is 9.92 Å². The highest BCUT2D eigenvalue weighted by Gasteiger charge is 2.22. The van der Waals surface area contributed by atoms with Crippen molar-refractivity contribution in [3.63, 3.8) is 0 Å². The molecule has 128 valence electrons. The van der Waals surface area contributed by atoms with Crippen LogP contribution in [0.2, 0.25) is 5.02 Å². The Labute approximate surface area is 153 Å². The van der Waals surface area contributed by atoms with Gasteiger partial charge in [-0.25, -0.2) is 9.78 Å². The van der Waals surface area contributed by atoms with Gasteiger partial charge in [-0.05, 0) is 36.4 Å². The van der Waals surface area contributed by atoms with Crippen LogP contribution in [0.5, 0.6) is 0 Å². The molecule has 0 aliphatic heterocycles. The number of methoxy groups -OCH3 is 1. The fourth-order valence-corrected chi connectivity index (χ4v) is 3.18. The topological polar surface area (TPSA) is 75.2 Å². The van der Waals surface area contributed by atoms with E-state index < -0.39 is 5.97 Å². The Kier molecular flexibility index (Phi) is 5.31. The second kappa shape index (κ2) is 7.63. The number of fused-ring (bicyclic) bond motifs is 1.